The fraction of sp³-hybridized carbons (Fsp3) is 0.269. The Balaban J connectivity index is 1.74. The Morgan fingerprint density at radius 3 is 1.69 bits per heavy atom. The Bertz CT molecular complexity index is 954. The van der Waals surface area contributed by atoms with Crippen molar-refractivity contribution in [2.75, 3.05) is 13.1 Å². The van der Waals surface area contributed by atoms with Crippen LogP contribution in [0.4, 0.5) is 0 Å². The van der Waals surface area contributed by atoms with Gasteiger partial charge in [-0.05, 0) is 30.5 Å². The van der Waals surface area contributed by atoms with E-state index >= 15 is 0 Å². The van der Waals surface area contributed by atoms with Crippen LogP contribution < -0.4 is 0 Å². The molecule has 3 atom stereocenters. The molecule has 0 saturated carbocycles. The second kappa shape index (κ2) is 6.85. The highest BCUT2D eigenvalue weighted by Gasteiger charge is 2.56. The van der Waals surface area contributed by atoms with E-state index in [1.54, 1.807) is 0 Å². The normalized spacial score (nSPS) is 25.7. The molecule has 1 saturated heterocycles. The minimum atomic E-state index is -0.598. The molecule has 0 amide bonds. The predicted molar refractivity (Wildman–Crippen MR) is 117 cm³/mol. The summed E-state index contributed by atoms with van der Waals surface area (Å²) in [5.74, 6) is 0.687. The van der Waals surface area contributed by atoms with Crippen LogP contribution >= 0.6 is 0 Å². The molecule has 2 heterocycles. The summed E-state index contributed by atoms with van der Waals surface area (Å²) in [6.45, 7) is 4.28. The maximum absolute atomic E-state index is 8.97. The van der Waals surface area contributed by atoms with E-state index in [0.29, 0.717) is 12.5 Å². The highest BCUT2D eigenvalue weighted by Crippen LogP contribution is 2.49. The average molecular weight is 384 g/mol. The molecule has 0 radical (unpaired) electrons. The Labute approximate surface area is 174 Å². The first-order chi connectivity index (χ1) is 14.5. The molecular weight excluding hydrogens is 356 g/mol. The van der Waals surface area contributed by atoms with Crippen molar-refractivity contribution in [3.05, 3.63) is 108 Å². The Kier molecular flexibility index (Phi) is 4.02. The van der Waals surface area contributed by atoms with E-state index in [0.717, 1.165) is 16.7 Å². The summed E-state index contributed by atoms with van der Waals surface area (Å²) in [4.78, 5) is 7.04. The summed E-state index contributed by atoms with van der Waals surface area (Å²) < 4.78 is 15.0. The van der Waals surface area contributed by atoms with Crippen molar-refractivity contribution in [1.29, 1.82) is 0 Å². The first-order valence-electron chi connectivity index (χ1n) is 10.7. The van der Waals surface area contributed by atoms with Gasteiger partial charge in [0.05, 0.1) is 11.1 Å². The van der Waals surface area contributed by atoms with Crippen molar-refractivity contribution in [2.45, 2.75) is 31.0 Å². The standard InChI is InChI=1S/C26H26N2O/c1-25(2)19-29-24(27-25)23-18-28(23)26(20-12-6-3-7-13-20,21-14-8-4-9-15-21)22-16-10-5-11-17-22/h3-17,23H,18-19H2,1-2H3/t23-,28?/m0/s1/i18D/t18-,23-,28?. The molecule has 3 heteroatoms. The smallest absolute Gasteiger partial charge is 0.203 e. The zero-order chi connectivity index (χ0) is 20.8. The van der Waals surface area contributed by atoms with E-state index in [2.05, 4.69) is 91.5 Å². The van der Waals surface area contributed by atoms with Gasteiger partial charge in [0, 0.05) is 7.89 Å². The van der Waals surface area contributed by atoms with Crippen LogP contribution in [0.25, 0.3) is 0 Å². The van der Waals surface area contributed by atoms with E-state index in [9.17, 15) is 0 Å². The van der Waals surface area contributed by atoms with Gasteiger partial charge in [-0.1, -0.05) is 91.0 Å². The van der Waals surface area contributed by atoms with E-state index in [4.69, 9.17) is 11.1 Å². The van der Waals surface area contributed by atoms with E-state index < -0.39 is 12.1 Å². The zero-order valence-electron chi connectivity index (χ0n) is 17.8. The topological polar surface area (TPSA) is 24.6 Å². The molecule has 29 heavy (non-hydrogen) atoms. The van der Waals surface area contributed by atoms with Gasteiger partial charge >= 0.3 is 0 Å². The van der Waals surface area contributed by atoms with E-state index in [-0.39, 0.29) is 11.6 Å². The molecule has 2 aliphatic rings. The third-order valence-electron chi connectivity index (χ3n) is 5.71. The van der Waals surface area contributed by atoms with Crippen LogP contribution in [-0.4, -0.2) is 35.5 Å². The number of ether oxygens (including phenoxy) is 1. The quantitative estimate of drug-likeness (QED) is 0.464. The highest BCUT2D eigenvalue weighted by atomic mass is 16.5. The fourth-order valence-electron chi connectivity index (χ4n) is 4.37. The molecule has 1 fully saturated rings. The molecule has 0 aromatic heterocycles. The third-order valence-corrected chi connectivity index (χ3v) is 5.71. The molecular formula is C26H26N2O. The van der Waals surface area contributed by atoms with Gasteiger partial charge in [0.25, 0.3) is 0 Å². The van der Waals surface area contributed by atoms with Crippen LogP contribution in [0.1, 0.15) is 31.9 Å². The minimum Gasteiger partial charge on any atom is -0.477 e. The van der Waals surface area contributed by atoms with Crippen molar-refractivity contribution in [3.63, 3.8) is 0 Å². The van der Waals surface area contributed by atoms with Gasteiger partial charge in [-0.3, -0.25) is 4.90 Å². The predicted octanol–water partition coefficient (Wildman–Crippen LogP) is 4.87. The zero-order valence-corrected chi connectivity index (χ0v) is 16.8. The minimum absolute atomic E-state index is 0.174. The molecule has 0 aliphatic carbocycles. The van der Waals surface area contributed by atoms with Crippen molar-refractivity contribution in [2.24, 2.45) is 4.99 Å². The number of aliphatic imine (C=N–C) groups is 1. The van der Waals surface area contributed by atoms with Crippen molar-refractivity contribution in [3.8, 4) is 0 Å². The summed E-state index contributed by atoms with van der Waals surface area (Å²) in [6, 6.07) is 31.3. The van der Waals surface area contributed by atoms with E-state index in [1.807, 2.05) is 18.2 Å². The third kappa shape index (κ3) is 3.06. The highest BCUT2D eigenvalue weighted by molar-refractivity contribution is 5.87. The summed E-state index contributed by atoms with van der Waals surface area (Å²) in [5.41, 5.74) is 2.58. The van der Waals surface area contributed by atoms with Crippen LogP contribution in [0.5, 0.6) is 0 Å². The van der Waals surface area contributed by atoms with Gasteiger partial charge in [-0.15, -0.1) is 0 Å². The number of nitrogens with zero attached hydrogens (tertiary/aromatic N) is 2. The van der Waals surface area contributed by atoms with Crippen LogP contribution in [0.2, 0.25) is 0 Å². The summed E-state index contributed by atoms with van der Waals surface area (Å²) >= 11 is 0. The number of rotatable bonds is 5. The monoisotopic (exact) mass is 383 g/mol. The molecule has 0 bridgehead atoms. The molecule has 5 rings (SSSR count). The first kappa shape index (κ1) is 17.0. The molecule has 3 aromatic rings. The summed E-state index contributed by atoms with van der Waals surface area (Å²) in [6.07, 6.45) is 0. The number of benzene rings is 3. The van der Waals surface area contributed by atoms with Crippen LogP contribution in [0, 0.1) is 0 Å². The van der Waals surface area contributed by atoms with Gasteiger partial charge < -0.3 is 4.74 Å². The lowest BCUT2D eigenvalue weighted by Gasteiger charge is -2.38. The second-order valence-electron chi connectivity index (χ2n) is 8.36. The Morgan fingerprint density at radius 1 is 0.862 bits per heavy atom. The van der Waals surface area contributed by atoms with Crippen molar-refractivity contribution >= 4 is 5.90 Å². The first-order valence-corrected chi connectivity index (χ1v) is 10.1. The Morgan fingerprint density at radius 2 is 1.31 bits per heavy atom. The van der Waals surface area contributed by atoms with Gasteiger partial charge in [0.2, 0.25) is 5.90 Å². The lowest BCUT2D eigenvalue weighted by molar-refractivity contribution is 0.264. The molecule has 146 valence electrons. The van der Waals surface area contributed by atoms with Crippen LogP contribution in [0.3, 0.4) is 0 Å². The van der Waals surface area contributed by atoms with Gasteiger partial charge in [-0.25, -0.2) is 4.99 Å². The Hall–Kier alpha value is -2.91. The molecule has 0 spiro atoms. The van der Waals surface area contributed by atoms with Crippen LogP contribution in [-0.2, 0) is 10.3 Å². The van der Waals surface area contributed by atoms with Crippen molar-refractivity contribution < 1.29 is 6.11 Å². The van der Waals surface area contributed by atoms with Crippen molar-refractivity contribution in [1.82, 2.24) is 4.90 Å². The molecule has 0 N–H and O–H groups in total. The maximum atomic E-state index is 8.97. The SMILES string of the molecule is [2H][C@H]1[C@@H](C2=NC(C)(C)CO2)N1C(c1ccccc1)(c1ccccc1)c1ccccc1. The number of hydrogen-bond donors (Lipinski definition) is 0. The van der Waals surface area contributed by atoms with Gasteiger partial charge in [-0.2, -0.15) is 0 Å². The summed E-state index contributed by atoms with van der Waals surface area (Å²) in [7, 11) is 0. The average Bonchev–Trinajstić information content (AvgIpc) is 3.30. The lowest BCUT2D eigenvalue weighted by Crippen LogP contribution is -2.40. The van der Waals surface area contributed by atoms with E-state index in [1.165, 1.54) is 0 Å². The largest absolute Gasteiger partial charge is 0.477 e. The maximum Gasteiger partial charge on any atom is 0.203 e. The van der Waals surface area contributed by atoms with Gasteiger partial charge in [0.15, 0.2) is 0 Å². The number of hydrogen-bond acceptors (Lipinski definition) is 3. The molecule has 3 aromatic carbocycles. The van der Waals surface area contributed by atoms with Crippen LogP contribution in [0.15, 0.2) is 96.0 Å². The molecule has 3 nitrogen and oxygen atoms in total. The van der Waals surface area contributed by atoms with Gasteiger partial charge in [0.1, 0.15) is 12.6 Å². The molecule has 2 aliphatic heterocycles. The summed E-state index contributed by atoms with van der Waals surface area (Å²) in [5, 5.41) is 0. The second-order valence-corrected chi connectivity index (χ2v) is 8.36. The lowest BCUT2D eigenvalue weighted by atomic mass is 9.76. The fourth-order valence-corrected chi connectivity index (χ4v) is 4.37. The molecule has 1 unspecified atom stereocenters.